The van der Waals surface area contributed by atoms with Gasteiger partial charge >= 0.3 is 0 Å². The first-order valence-electron chi connectivity index (χ1n) is 11.3. The van der Waals surface area contributed by atoms with Crippen LogP contribution in [0.25, 0.3) is 0 Å². The van der Waals surface area contributed by atoms with Crippen LogP contribution in [0, 0.1) is 0 Å². The maximum Gasteiger partial charge on any atom is 0.193 e. The third-order valence-corrected chi connectivity index (χ3v) is 7.01. The van der Waals surface area contributed by atoms with Crippen molar-refractivity contribution in [3.05, 3.63) is 52.7 Å². The number of ether oxygens (including phenoxy) is 2. The van der Waals surface area contributed by atoms with Gasteiger partial charge in [0.15, 0.2) is 5.96 Å². The lowest BCUT2D eigenvalue weighted by Gasteiger charge is -2.38. The Balaban J connectivity index is 1.32. The van der Waals surface area contributed by atoms with E-state index in [-0.39, 0.29) is 12.2 Å². The number of nitrogens with one attached hydrogen (secondary N) is 1. The summed E-state index contributed by atoms with van der Waals surface area (Å²) in [7, 11) is 1.88. The topological polar surface area (TPSA) is 49.3 Å². The van der Waals surface area contributed by atoms with Crippen LogP contribution in [0.4, 0.5) is 0 Å². The SMILES string of the molecule is CN=C(NCC(c1cccs1)N1CCOC(C)C1)N1CCC(Oc2ccccc2)CC1. The Labute approximate surface area is 189 Å². The fourth-order valence-corrected chi connectivity index (χ4v) is 5.28. The van der Waals surface area contributed by atoms with Crippen LogP contribution in [0.2, 0.25) is 0 Å². The van der Waals surface area contributed by atoms with Crippen molar-refractivity contribution in [1.29, 1.82) is 0 Å². The summed E-state index contributed by atoms with van der Waals surface area (Å²) < 4.78 is 11.9. The molecule has 31 heavy (non-hydrogen) atoms. The van der Waals surface area contributed by atoms with E-state index < -0.39 is 0 Å². The van der Waals surface area contributed by atoms with E-state index in [0.29, 0.717) is 6.04 Å². The zero-order valence-corrected chi connectivity index (χ0v) is 19.4. The molecule has 2 atom stereocenters. The Morgan fingerprint density at radius 3 is 2.68 bits per heavy atom. The monoisotopic (exact) mass is 442 g/mol. The Hall–Kier alpha value is -2.09. The number of thiophene rings is 1. The van der Waals surface area contributed by atoms with E-state index in [1.54, 1.807) is 0 Å². The van der Waals surface area contributed by atoms with Crippen LogP contribution in [0.5, 0.6) is 5.75 Å². The van der Waals surface area contributed by atoms with E-state index in [0.717, 1.165) is 63.9 Å². The molecule has 1 aromatic carbocycles. The average Bonchev–Trinajstić information content (AvgIpc) is 3.33. The first-order chi connectivity index (χ1) is 15.2. The normalized spacial score (nSPS) is 22.3. The standard InChI is InChI=1S/C24H34N4O2S/c1-19-18-28(14-15-29-19)22(23-9-6-16-31-23)17-26-24(25-2)27-12-10-21(11-13-27)30-20-7-4-3-5-8-20/h3-9,16,19,21-22H,10-15,17-18H2,1-2H3,(H,25,26). The molecule has 2 aliphatic rings. The molecule has 1 N–H and O–H groups in total. The average molecular weight is 443 g/mol. The predicted octanol–water partition coefficient (Wildman–Crippen LogP) is 3.63. The van der Waals surface area contributed by atoms with Gasteiger partial charge in [0, 0.05) is 57.5 Å². The summed E-state index contributed by atoms with van der Waals surface area (Å²) in [6.45, 7) is 7.64. The van der Waals surface area contributed by atoms with Crippen molar-refractivity contribution in [2.75, 3.05) is 46.4 Å². The molecule has 0 radical (unpaired) electrons. The molecule has 168 valence electrons. The van der Waals surface area contributed by atoms with Gasteiger partial charge in [-0.3, -0.25) is 9.89 Å². The highest BCUT2D eigenvalue weighted by Crippen LogP contribution is 2.26. The molecule has 4 rings (SSSR count). The molecule has 1 aromatic heterocycles. The van der Waals surface area contributed by atoms with Crippen molar-refractivity contribution in [2.45, 2.75) is 38.0 Å². The Bertz CT molecular complexity index is 806. The lowest BCUT2D eigenvalue weighted by molar-refractivity contribution is -0.0334. The highest BCUT2D eigenvalue weighted by molar-refractivity contribution is 7.10. The zero-order chi connectivity index (χ0) is 21.5. The molecular weight excluding hydrogens is 408 g/mol. The molecular formula is C24H34N4O2S. The Morgan fingerprint density at radius 1 is 1.19 bits per heavy atom. The lowest BCUT2D eigenvalue weighted by atomic mass is 10.1. The summed E-state index contributed by atoms with van der Waals surface area (Å²) in [5.41, 5.74) is 0. The number of hydrogen-bond donors (Lipinski definition) is 1. The van der Waals surface area contributed by atoms with Gasteiger partial charge in [0.1, 0.15) is 11.9 Å². The van der Waals surface area contributed by atoms with Gasteiger partial charge in [-0.05, 0) is 30.5 Å². The van der Waals surface area contributed by atoms with Gasteiger partial charge in [-0.1, -0.05) is 24.3 Å². The molecule has 0 amide bonds. The van der Waals surface area contributed by atoms with Crippen molar-refractivity contribution in [2.24, 2.45) is 4.99 Å². The van der Waals surface area contributed by atoms with Crippen molar-refractivity contribution in [3.8, 4) is 5.75 Å². The summed E-state index contributed by atoms with van der Waals surface area (Å²) >= 11 is 1.83. The molecule has 0 saturated carbocycles. The quantitative estimate of drug-likeness (QED) is 0.547. The summed E-state index contributed by atoms with van der Waals surface area (Å²) in [6, 6.07) is 14.8. The fraction of sp³-hybridized carbons (Fsp3) is 0.542. The third kappa shape index (κ3) is 5.99. The molecule has 2 aliphatic heterocycles. The van der Waals surface area contributed by atoms with E-state index >= 15 is 0 Å². The summed E-state index contributed by atoms with van der Waals surface area (Å²) in [5.74, 6) is 1.95. The van der Waals surface area contributed by atoms with Gasteiger partial charge in [-0.25, -0.2) is 0 Å². The molecule has 0 bridgehead atoms. The Kier molecular flexibility index (Phi) is 7.83. The number of aliphatic imine (C=N–C) groups is 1. The second-order valence-corrected chi connectivity index (χ2v) is 9.23. The number of piperidine rings is 1. The maximum atomic E-state index is 6.15. The molecule has 6 nitrogen and oxygen atoms in total. The number of para-hydroxylation sites is 1. The first kappa shape index (κ1) is 22.1. The largest absolute Gasteiger partial charge is 0.490 e. The smallest absolute Gasteiger partial charge is 0.193 e. The summed E-state index contributed by atoms with van der Waals surface area (Å²) in [5, 5.41) is 5.83. The van der Waals surface area contributed by atoms with Crippen molar-refractivity contribution < 1.29 is 9.47 Å². The number of hydrogen-bond acceptors (Lipinski definition) is 5. The molecule has 7 heteroatoms. The van der Waals surface area contributed by atoms with Gasteiger partial charge in [0.05, 0.1) is 18.8 Å². The van der Waals surface area contributed by atoms with Crippen LogP contribution in [-0.4, -0.2) is 74.3 Å². The van der Waals surface area contributed by atoms with E-state index in [4.69, 9.17) is 9.47 Å². The third-order valence-electron chi connectivity index (χ3n) is 6.04. The number of likely N-dealkylation sites (tertiary alicyclic amines) is 1. The molecule has 2 aromatic rings. The number of nitrogens with zero attached hydrogens (tertiary/aromatic N) is 3. The number of rotatable bonds is 6. The molecule has 2 fully saturated rings. The number of morpholine rings is 1. The van der Waals surface area contributed by atoms with E-state index in [1.807, 2.05) is 48.7 Å². The molecule has 3 heterocycles. The van der Waals surface area contributed by atoms with Gasteiger partial charge < -0.3 is 19.7 Å². The van der Waals surface area contributed by atoms with Gasteiger partial charge in [0.25, 0.3) is 0 Å². The van der Waals surface area contributed by atoms with Gasteiger partial charge in [-0.15, -0.1) is 11.3 Å². The Morgan fingerprint density at radius 2 is 2.00 bits per heavy atom. The fourth-order valence-electron chi connectivity index (χ4n) is 4.42. The van der Waals surface area contributed by atoms with Gasteiger partial charge in [-0.2, -0.15) is 0 Å². The second kappa shape index (κ2) is 11.0. The predicted molar refractivity (Wildman–Crippen MR) is 127 cm³/mol. The minimum atomic E-state index is 0.269. The van der Waals surface area contributed by atoms with Crippen LogP contribution < -0.4 is 10.1 Å². The first-order valence-corrected chi connectivity index (χ1v) is 12.2. The second-order valence-electron chi connectivity index (χ2n) is 8.25. The zero-order valence-electron chi connectivity index (χ0n) is 18.6. The highest BCUT2D eigenvalue weighted by Gasteiger charge is 2.28. The maximum absolute atomic E-state index is 6.15. The van der Waals surface area contributed by atoms with Crippen LogP contribution in [0.3, 0.4) is 0 Å². The molecule has 0 aliphatic carbocycles. The van der Waals surface area contributed by atoms with Crippen LogP contribution in [0.15, 0.2) is 52.8 Å². The van der Waals surface area contributed by atoms with E-state index in [2.05, 4.69) is 44.5 Å². The van der Waals surface area contributed by atoms with Crippen molar-refractivity contribution >= 4 is 17.3 Å². The summed E-state index contributed by atoms with van der Waals surface area (Å²) in [4.78, 5) is 10.9. The van der Waals surface area contributed by atoms with E-state index in [9.17, 15) is 0 Å². The van der Waals surface area contributed by atoms with Crippen LogP contribution >= 0.6 is 11.3 Å². The lowest BCUT2D eigenvalue weighted by Crippen LogP contribution is -2.51. The minimum Gasteiger partial charge on any atom is -0.490 e. The molecule has 2 unspecified atom stereocenters. The van der Waals surface area contributed by atoms with Crippen LogP contribution in [0.1, 0.15) is 30.7 Å². The summed E-state index contributed by atoms with van der Waals surface area (Å²) in [6.07, 6.45) is 2.56. The minimum absolute atomic E-state index is 0.269. The van der Waals surface area contributed by atoms with Gasteiger partial charge in [0.2, 0.25) is 0 Å². The van der Waals surface area contributed by atoms with Crippen LogP contribution in [-0.2, 0) is 4.74 Å². The van der Waals surface area contributed by atoms with Crippen molar-refractivity contribution in [1.82, 2.24) is 15.1 Å². The highest BCUT2D eigenvalue weighted by atomic mass is 32.1. The molecule has 2 saturated heterocycles. The van der Waals surface area contributed by atoms with Crippen molar-refractivity contribution in [3.63, 3.8) is 0 Å². The number of benzene rings is 1. The van der Waals surface area contributed by atoms with E-state index in [1.165, 1.54) is 4.88 Å². The number of guanidine groups is 1. The molecule has 0 spiro atoms.